The summed E-state index contributed by atoms with van der Waals surface area (Å²) in [4.78, 5) is 2.42. The molecule has 0 bridgehead atoms. The smallest absolute Gasteiger partial charge is 0.00664 e. The molecule has 0 aromatic rings. The van der Waals surface area contributed by atoms with Crippen LogP contribution in [-0.2, 0) is 0 Å². The molecule has 0 heterocycles. The van der Waals surface area contributed by atoms with Crippen molar-refractivity contribution < 1.29 is 0 Å². The summed E-state index contributed by atoms with van der Waals surface area (Å²) in [7, 11) is 2.20. The van der Waals surface area contributed by atoms with Gasteiger partial charge in [-0.1, -0.05) is 20.8 Å². The molecule has 0 rings (SSSR count). The van der Waals surface area contributed by atoms with Gasteiger partial charge in [-0.15, -0.1) is 0 Å². The standard InChI is InChI=1S/C12H28N2/c1-9(2)7-11(4)14(6)8-10(3)12(5)13/h9-12H,7-8,13H2,1-6H3. The van der Waals surface area contributed by atoms with Crippen molar-refractivity contribution in [2.75, 3.05) is 13.6 Å². The molecule has 0 aliphatic heterocycles. The van der Waals surface area contributed by atoms with Crippen molar-refractivity contribution in [2.24, 2.45) is 17.6 Å². The van der Waals surface area contributed by atoms with Gasteiger partial charge in [0.25, 0.3) is 0 Å². The van der Waals surface area contributed by atoms with Crippen LogP contribution >= 0.6 is 0 Å². The predicted molar refractivity (Wildman–Crippen MR) is 64.4 cm³/mol. The minimum absolute atomic E-state index is 0.295. The highest BCUT2D eigenvalue weighted by Gasteiger charge is 2.15. The van der Waals surface area contributed by atoms with E-state index in [9.17, 15) is 0 Å². The summed E-state index contributed by atoms with van der Waals surface area (Å²) < 4.78 is 0. The zero-order valence-corrected chi connectivity index (χ0v) is 10.7. The van der Waals surface area contributed by atoms with Crippen molar-refractivity contribution in [3.63, 3.8) is 0 Å². The lowest BCUT2D eigenvalue weighted by atomic mass is 10.0. The molecule has 0 aliphatic rings. The summed E-state index contributed by atoms with van der Waals surface area (Å²) in [6.45, 7) is 12.3. The van der Waals surface area contributed by atoms with Gasteiger partial charge in [0, 0.05) is 18.6 Å². The van der Waals surface area contributed by atoms with Crippen molar-refractivity contribution in [1.29, 1.82) is 0 Å². The fourth-order valence-corrected chi connectivity index (χ4v) is 1.66. The molecule has 0 aromatic heterocycles. The molecule has 0 spiro atoms. The van der Waals surface area contributed by atoms with E-state index in [4.69, 9.17) is 5.73 Å². The summed E-state index contributed by atoms with van der Waals surface area (Å²) in [5.41, 5.74) is 5.86. The Balaban J connectivity index is 3.88. The minimum Gasteiger partial charge on any atom is -0.328 e. The maximum atomic E-state index is 5.86. The van der Waals surface area contributed by atoms with Gasteiger partial charge in [-0.3, -0.25) is 0 Å². The van der Waals surface area contributed by atoms with Crippen molar-refractivity contribution >= 4 is 0 Å². The van der Waals surface area contributed by atoms with E-state index in [1.54, 1.807) is 0 Å². The number of rotatable bonds is 6. The van der Waals surface area contributed by atoms with Crippen molar-refractivity contribution in [3.05, 3.63) is 0 Å². The fraction of sp³-hybridized carbons (Fsp3) is 1.00. The van der Waals surface area contributed by atoms with Gasteiger partial charge in [-0.25, -0.2) is 0 Å². The molecule has 0 aromatic carbocycles. The molecule has 0 aliphatic carbocycles. The lowest BCUT2D eigenvalue weighted by Gasteiger charge is -2.30. The summed E-state index contributed by atoms with van der Waals surface area (Å²) >= 11 is 0. The first-order valence-electron chi connectivity index (χ1n) is 5.80. The zero-order chi connectivity index (χ0) is 11.3. The Bertz CT molecular complexity index is 143. The molecule has 86 valence electrons. The number of nitrogens with zero attached hydrogens (tertiary/aromatic N) is 1. The van der Waals surface area contributed by atoms with Gasteiger partial charge < -0.3 is 10.6 Å². The third-order valence-corrected chi connectivity index (χ3v) is 3.04. The van der Waals surface area contributed by atoms with E-state index in [-0.39, 0.29) is 0 Å². The molecule has 3 atom stereocenters. The maximum Gasteiger partial charge on any atom is 0.00664 e. The molecule has 0 amide bonds. The number of hydrogen-bond donors (Lipinski definition) is 1. The normalized spacial score (nSPS) is 18.6. The Kier molecular flexibility index (Phi) is 6.38. The molecule has 2 nitrogen and oxygen atoms in total. The lowest BCUT2D eigenvalue weighted by Crippen LogP contribution is -2.39. The van der Waals surface area contributed by atoms with Gasteiger partial charge in [-0.2, -0.15) is 0 Å². The highest BCUT2D eigenvalue weighted by atomic mass is 15.1. The lowest BCUT2D eigenvalue weighted by molar-refractivity contribution is 0.192. The summed E-state index contributed by atoms with van der Waals surface area (Å²) in [5, 5.41) is 0. The topological polar surface area (TPSA) is 29.3 Å². The van der Waals surface area contributed by atoms with Gasteiger partial charge in [0.15, 0.2) is 0 Å². The molecule has 0 saturated heterocycles. The SMILES string of the molecule is CC(C)CC(C)N(C)CC(C)C(C)N. The van der Waals surface area contributed by atoms with Crippen LogP contribution in [0.4, 0.5) is 0 Å². The Morgan fingerprint density at radius 1 is 1.07 bits per heavy atom. The van der Waals surface area contributed by atoms with Crippen LogP contribution in [0.25, 0.3) is 0 Å². The molecule has 0 radical (unpaired) electrons. The Labute approximate surface area is 89.9 Å². The summed E-state index contributed by atoms with van der Waals surface area (Å²) in [5.74, 6) is 1.35. The van der Waals surface area contributed by atoms with Gasteiger partial charge in [-0.05, 0) is 39.2 Å². The van der Waals surface area contributed by atoms with Crippen LogP contribution in [0.3, 0.4) is 0 Å². The van der Waals surface area contributed by atoms with E-state index < -0.39 is 0 Å². The van der Waals surface area contributed by atoms with Crippen LogP contribution in [0.15, 0.2) is 0 Å². The Morgan fingerprint density at radius 3 is 1.93 bits per heavy atom. The van der Waals surface area contributed by atoms with E-state index in [2.05, 4.69) is 46.6 Å². The molecule has 0 saturated carbocycles. The van der Waals surface area contributed by atoms with Crippen LogP contribution < -0.4 is 5.73 Å². The monoisotopic (exact) mass is 200 g/mol. The quantitative estimate of drug-likeness (QED) is 0.713. The van der Waals surface area contributed by atoms with Gasteiger partial charge in [0.1, 0.15) is 0 Å². The van der Waals surface area contributed by atoms with E-state index >= 15 is 0 Å². The second kappa shape index (κ2) is 6.41. The average Bonchev–Trinajstić information content (AvgIpc) is 2.02. The first kappa shape index (κ1) is 13.9. The first-order chi connectivity index (χ1) is 6.34. The molecule has 2 heteroatoms. The van der Waals surface area contributed by atoms with Crippen molar-refractivity contribution in [1.82, 2.24) is 4.90 Å². The highest BCUT2D eigenvalue weighted by Crippen LogP contribution is 2.12. The van der Waals surface area contributed by atoms with Gasteiger partial charge >= 0.3 is 0 Å². The molecular weight excluding hydrogens is 172 g/mol. The molecule has 0 fully saturated rings. The average molecular weight is 200 g/mol. The maximum absolute atomic E-state index is 5.86. The van der Waals surface area contributed by atoms with E-state index in [0.29, 0.717) is 18.0 Å². The van der Waals surface area contributed by atoms with Crippen LogP contribution in [0.1, 0.15) is 41.0 Å². The largest absolute Gasteiger partial charge is 0.328 e. The van der Waals surface area contributed by atoms with Crippen LogP contribution in [0.2, 0.25) is 0 Å². The third-order valence-electron chi connectivity index (χ3n) is 3.04. The fourth-order valence-electron chi connectivity index (χ4n) is 1.66. The van der Waals surface area contributed by atoms with E-state index in [0.717, 1.165) is 12.5 Å². The van der Waals surface area contributed by atoms with E-state index in [1.807, 2.05) is 0 Å². The van der Waals surface area contributed by atoms with Crippen LogP contribution in [-0.4, -0.2) is 30.6 Å². The molecule has 2 N–H and O–H groups in total. The summed E-state index contributed by atoms with van der Waals surface area (Å²) in [6, 6.07) is 0.958. The Morgan fingerprint density at radius 2 is 1.57 bits per heavy atom. The van der Waals surface area contributed by atoms with Crippen molar-refractivity contribution in [3.8, 4) is 0 Å². The Hall–Kier alpha value is -0.0800. The summed E-state index contributed by atoms with van der Waals surface area (Å²) in [6.07, 6.45) is 1.27. The zero-order valence-electron chi connectivity index (χ0n) is 10.7. The third kappa shape index (κ3) is 5.61. The highest BCUT2D eigenvalue weighted by molar-refractivity contribution is 4.71. The van der Waals surface area contributed by atoms with Gasteiger partial charge in [0.2, 0.25) is 0 Å². The molecular formula is C12H28N2. The molecule has 14 heavy (non-hydrogen) atoms. The van der Waals surface area contributed by atoms with Crippen LogP contribution in [0, 0.1) is 11.8 Å². The minimum atomic E-state index is 0.295. The predicted octanol–water partition coefficient (Wildman–Crippen LogP) is 2.34. The van der Waals surface area contributed by atoms with Crippen LogP contribution in [0.5, 0.6) is 0 Å². The van der Waals surface area contributed by atoms with Crippen molar-refractivity contribution in [2.45, 2.75) is 53.1 Å². The van der Waals surface area contributed by atoms with Gasteiger partial charge in [0.05, 0.1) is 0 Å². The first-order valence-corrected chi connectivity index (χ1v) is 5.80. The number of nitrogens with two attached hydrogens (primary N) is 1. The molecule has 3 unspecified atom stereocenters. The van der Waals surface area contributed by atoms with E-state index in [1.165, 1.54) is 6.42 Å². The second-order valence-electron chi connectivity index (χ2n) is 5.25. The number of hydrogen-bond acceptors (Lipinski definition) is 2. The second-order valence-corrected chi connectivity index (χ2v) is 5.25.